The Labute approximate surface area is 189 Å². The first-order chi connectivity index (χ1) is 15.6. The molecule has 0 bridgehead atoms. The number of aromatic amines is 1. The number of benzene rings is 2. The van der Waals surface area contributed by atoms with Gasteiger partial charge in [0.1, 0.15) is 18.1 Å². The lowest BCUT2D eigenvalue weighted by Gasteiger charge is -2.19. The summed E-state index contributed by atoms with van der Waals surface area (Å²) in [6, 6.07) is 13.3. The van der Waals surface area contributed by atoms with Crippen LogP contribution in [0.5, 0.6) is 17.2 Å². The highest BCUT2D eigenvalue weighted by Gasteiger charge is 2.12. The van der Waals surface area contributed by atoms with E-state index in [4.69, 9.17) is 14.2 Å². The average Bonchev–Trinajstić information content (AvgIpc) is 3.24. The number of aromatic nitrogens is 1. The Balaban J connectivity index is 1.59. The van der Waals surface area contributed by atoms with Gasteiger partial charge in [0.2, 0.25) is 0 Å². The van der Waals surface area contributed by atoms with Crippen LogP contribution in [-0.2, 0) is 6.54 Å². The summed E-state index contributed by atoms with van der Waals surface area (Å²) in [5, 5.41) is 3.92. The molecule has 0 atom stereocenters. The van der Waals surface area contributed by atoms with E-state index in [1.165, 1.54) is 0 Å². The number of fused-ring (bicyclic) bond motifs is 1. The minimum absolute atomic E-state index is 0.169. The number of H-pyrrole nitrogens is 1. The maximum absolute atomic E-state index is 12.6. The number of nitrogens with one attached hydrogen (secondary N) is 2. The molecule has 1 heterocycles. The highest BCUT2D eigenvalue weighted by molar-refractivity contribution is 5.98. The Morgan fingerprint density at radius 3 is 2.53 bits per heavy atom. The number of rotatable bonds is 12. The van der Waals surface area contributed by atoms with Crippen molar-refractivity contribution < 1.29 is 19.0 Å². The van der Waals surface area contributed by atoms with Gasteiger partial charge in [0, 0.05) is 30.1 Å². The number of nitrogens with zero attached hydrogens (tertiary/aromatic N) is 1. The van der Waals surface area contributed by atoms with Gasteiger partial charge in [0.25, 0.3) is 5.91 Å². The average molecular weight is 440 g/mol. The second-order valence-electron chi connectivity index (χ2n) is 7.41. The van der Waals surface area contributed by atoms with Crippen LogP contribution < -0.4 is 19.5 Å². The Morgan fingerprint density at radius 2 is 1.81 bits per heavy atom. The van der Waals surface area contributed by atoms with Crippen molar-refractivity contribution in [3.05, 3.63) is 53.7 Å². The molecule has 32 heavy (non-hydrogen) atoms. The van der Waals surface area contributed by atoms with Gasteiger partial charge >= 0.3 is 0 Å². The van der Waals surface area contributed by atoms with Gasteiger partial charge in [-0.2, -0.15) is 0 Å². The van der Waals surface area contributed by atoms with Crippen molar-refractivity contribution in [2.24, 2.45) is 0 Å². The Morgan fingerprint density at radius 1 is 1.00 bits per heavy atom. The molecule has 0 aliphatic rings. The summed E-state index contributed by atoms with van der Waals surface area (Å²) in [6.07, 6.45) is 0. The van der Waals surface area contributed by atoms with Gasteiger partial charge in [-0.1, -0.05) is 19.9 Å². The zero-order valence-electron chi connectivity index (χ0n) is 19.4. The highest BCUT2D eigenvalue weighted by Crippen LogP contribution is 2.28. The first kappa shape index (κ1) is 23.5. The summed E-state index contributed by atoms with van der Waals surface area (Å²) in [7, 11) is 1.62. The van der Waals surface area contributed by atoms with Crippen molar-refractivity contribution in [2.75, 3.05) is 40.0 Å². The van der Waals surface area contributed by atoms with E-state index < -0.39 is 0 Å². The lowest BCUT2D eigenvalue weighted by Crippen LogP contribution is -2.28. The number of methoxy groups -OCH3 is 1. The van der Waals surface area contributed by atoms with Crippen LogP contribution in [0.25, 0.3) is 10.9 Å². The summed E-state index contributed by atoms with van der Waals surface area (Å²) in [6.45, 7) is 10.7. The fourth-order valence-corrected chi connectivity index (χ4v) is 3.53. The lowest BCUT2D eigenvalue weighted by atomic mass is 10.2. The van der Waals surface area contributed by atoms with E-state index in [0.717, 1.165) is 41.9 Å². The first-order valence-corrected chi connectivity index (χ1v) is 11.1. The molecule has 0 spiro atoms. The van der Waals surface area contributed by atoms with Crippen molar-refractivity contribution in [1.82, 2.24) is 15.2 Å². The summed E-state index contributed by atoms with van der Waals surface area (Å²) in [5.41, 5.74) is 2.31. The molecule has 2 N–H and O–H groups in total. The molecule has 2 aromatic carbocycles. The molecule has 1 aromatic heterocycles. The molecule has 3 rings (SSSR count). The zero-order valence-corrected chi connectivity index (χ0v) is 19.4. The number of carbonyl (C=O) groups is 1. The Kier molecular flexibility index (Phi) is 8.39. The van der Waals surface area contributed by atoms with Gasteiger partial charge < -0.3 is 29.4 Å². The van der Waals surface area contributed by atoms with Gasteiger partial charge in [-0.3, -0.25) is 4.79 Å². The summed E-state index contributed by atoms with van der Waals surface area (Å²) in [5.74, 6) is 1.97. The number of amides is 1. The van der Waals surface area contributed by atoms with Crippen LogP contribution >= 0.6 is 0 Å². The quantitative estimate of drug-likeness (QED) is 0.442. The summed E-state index contributed by atoms with van der Waals surface area (Å²) < 4.78 is 16.9. The van der Waals surface area contributed by atoms with Crippen LogP contribution in [-0.4, -0.2) is 55.7 Å². The van der Waals surface area contributed by atoms with Gasteiger partial charge in [-0.05, 0) is 55.9 Å². The van der Waals surface area contributed by atoms with E-state index in [0.29, 0.717) is 37.0 Å². The minimum Gasteiger partial charge on any atom is -0.494 e. The van der Waals surface area contributed by atoms with Crippen LogP contribution in [0.3, 0.4) is 0 Å². The molecule has 0 aliphatic carbocycles. The maximum Gasteiger partial charge on any atom is 0.267 e. The lowest BCUT2D eigenvalue weighted by molar-refractivity contribution is 0.0946. The van der Waals surface area contributed by atoms with E-state index in [1.807, 2.05) is 49.4 Å². The maximum atomic E-state index is 12.6. The molecule has 0 unspecified atom stereocenters. The molecule has 0 fully saturated rings. The molecule has 7 heteroatoms. The molecule has 1 amide bonds. The zero-order chi connectivity index (χ0) is 22.9. The SMILES string of the molecule is CCOc1ccc2cc(C(=O)NCc3ccc(OCCN(CC)CC)c(OC)c3)[nH]c2c1. The number of hydrogen-bond acceptors (Lipinski definition) is 5. The second-order valence-corrected chi connectivity index (χ2v) is 7.41. The van der Waals surface area contributed by atoms with Crippen LogP contribution in [0.1, 0.15) is 36.8 Å². The standard InChI is InChI=1S/C25H33N3O4/c1-5-28(6-2)12-13-32-23-11-8-18(14-24(23)30-4)17-26-25(29)22-15-19-9-10-20(31-7-3)16-21(19)27-22/h8-11,14-16,27H,5-7,12-13,17H2,1-4H3,(H,26,29). The van der Waals surface area contributed by atoms with Crippen LogP contribution in [0.2, 0.25) is 0 Å². The third kappa shape index (κ3) is 5.95. The molecule has 7 nitrogen and oxygen atoms in total. The van der Waals surface area contributed by atoms with Crippen molar-refractivity contribution in [1.29, 1.82) is 0 Å². The van der Waals surface area contributed by atoms with Crippen molar-refractivity contribution >= 4 is 16.8 Å². The molecular weight excluding hydrogens is 406 g/mol. The summed E-state index contributed by atoms with van der Waals surface area (Å²) >= 11 is 0. The Hall–Kier alpha value is -3.19. The molecule has 0 saturated heterocycles. The third-order valence-electron chi connectivity index (χ3n) is 5.39. The second kappa shape index (κ2) is 11.4. The number of ether oxygens (including phenoxy) is 3. The van der Waals surface area contributed by atoms with Crippen molar-refractivity contribution in [3.63, 3.8) is 0 Å². The van der Waals surface area contributed by atoms with E-state index >= 15 is 0 Å². The van der Waals surface area contributed by atoms with E-state index in [1.54, 1.807) is 7.11 Å². The largest absolute Gasteiger partial charge is 0.494 e. The number of carbonyl (C=O) groups excluding carboxylic acids is 1. The highest BCUT2D eigenvalue weighted by atomic mass is 16.5. The smallest absolute Gasteiger partial charge is 0.267 e. The van der Waals surface area contributed by atoms with Gasteiger partial charge in [0.05, 0.1) is 13.7 Å². The van der Waals surface area contributed by atoms with Gasteiger partial charge in [-0.15, -0.1) is 0 Å². The fraction of sp³-hybridized carbons (Fsp3) is 0.400. The van der Waals surface area contributed by atoms with Crippen LogP contribution in [0.15, 0.2) is 42.5 Å². The Bertz CT molecular complexity index is 1030. The topological polar surface area (TPSA) is 75.8 Å². The normalized spacial score (nSPS) is 11.0. The van der Waals surface area contributed by atoms with E-state index in [-0.39, 0.29) is 5.91 Å². The summed E-state index contributed by atoms with van der Waals surface area (Å²) in [4.78, 5) is 18.1. The molecule has 3 aromatic rings. The van der Waals surface area contributed by atoms with E-state index in [9.17, 15) is 4.79 Å². The molecule has 0 saturated carbocycles. The first-order valence-electron chi connectivity index (χ1n) is 11.1. The molecule has 0 aliphatic heterocycles. The van der Waals surface area contributed by atoms with Gasteiger partial charge in [0.15, 0.2) is 11.5 Å². The third-order valence-corrected chi connectivity index (χ3v) is 5.39. The molecular formula is C25H33N3O4. The number of hydrogen-bond donors (Lipinski definition) is 2. The van der Waals surface area contributed by atoms with Gasteiger partial charge in [-0.25, -0.2) is 0 Å². The van der Waals surface area contributed by atoms with Crippen molar-refractivity contribution in [3.8, 4) is 17.2 Å². The monoisotopic (exact) mass is 439 g/mol. The molecule has 0 radical (unpaired) electrons. The van der Waals surface area contributed by atoms with Crippen LogP contribution in [0, 0.1) is 0 Å². The van der Waals surface area contributed by atoms with Crippen LogP contribution in [0.4, 0.5) is 0 Å². The predicted octanol–water partition coefficient (Wildman–Crippen LogP) is 4.23. The van der Waals surface area contributed by atoms with E-state index in [2.05, 4.69) is 29.0 Å². The van der Waals surface area contributed by atoms with Crippen molar-refractivity contribution in [2.45, 2.75) is 27.3 Å². The minimum atomic E-state index is -0.169. The molecule has 172 valence electrons. The number of likely N-dealkylation sites (N-methyl/N-ethyl adjacent to an activating group) is 1. The fourth-order valence-electron chi connectivity index (χ4n) is 3.53. The predicted molar refractivity (Wildman–Crippen MR) is 127 cm³/mol.